The van der Waals surface area contributed by atoms with Crippen molar-refractivity contribution in [2.75, 3.05) is 0 Å². The fourth-order valence-corrected chi connectivity index (χ4v) is 2.96. The number of fused-ring (bicyclic) bond motifs is 1. The van der Waals surface area contributed by atoms with E-state index < -0.39 is 11.9 Å². The highest BCUT2D eigenvalue weighted by atomic mass is 16.2. The second-order valence-electron chi connectivity index (χ2n) is 6.57. The van der Waals surface area contributed by atoms with Crippen molar-refractivity contribution in [3.05, 3.63) is 83.4 Å². The molecule has 0 unspecified atom stereocenters. The molecule has 0 heterocycles. The van der Waals surface area contributed by atoms with Crippen LogP contribution in [-0.2, 0) is 22.4 Å². The topological polar surface area (TPSA) is 72.2 Å². The summed E-state index contributed by atoms with van der Waals surface area (Å²) in [5, 5.41) is 4.98. The molecule has 0 saturated heterocycles. The van der Waals surface area contributed by atoms with Gasteiger partial charge in [0.05, 0.1) is 6.42 Å². The van der Waals surface area contributed by atoms with Crippen LogP contribution in [0.25, 0.3) is 10.8 Å². The molecular weight excluding hydrogens is 324 g/mol. The highest BCUT2D eigenvalue weighted by molar-refractivity contribution is 5.89. The molecule has 0 aliphatic heterocycles. The standard InChI is InChI=1S/C22H22N2O2/c1-15-6-8-16(9-7-15)13-20(22(23)26)24-21(25)14-17-10-11-18-4-2-3-5-19(18)12-17/h2-12,20H,13-14H2,1H3,(H2,23,26)(H,24,25)/t20-/m0/s1. The van der Waals surface area contributed by atoms with E-state index >= 15 is 0 Å². The molecule has 4 nitrogen and oxygen atoms in total. The van der Waals surface area contributed by atoms with E-state index in [1.165, 1.54) is 0 Å². The van der Waals surface area contributed by atoms with Gasteiger partial charge in [0.25, 0.3) is 0 Å². The lowest BCUT2D eigenvalue weighted by molar-refractivity contribution is -0.127. The molecular formula is C22H22N2O2. The summed E-state index contributed by atoms with van der Waals surface area (Å²) in [6.45, 7) is 2.00. The Kier molecular flexibility index (Phi) is 5.32. The maximum absolute atomic E-state index is 12.4. The molecule has 3 aromatic rings. The third-order valence-electron chi connectivity index (χ3n) is 4.42. The van der Waals surface area contributed by atoms with E-state index in [0.717, 1.165) is 27.5 Å². The van der Waals surface area contributed by atoms with Gasteiger partial charge in [-0.1, -0.05) is 72.3 Å². The van der Waals surface area contributed by atoms with Crippen molar-refractivity contribution in [1.29, 1.82) is 0 Å². The summed E-state index contributed by atoms with van der Waals surface area (Å²) in [5.74, 6) is -0.742. The maximum Gasteiger partial charge on any atom is 0.240 e. The molecule has 4 heteroatoms. The van der Waals surface area contributed by atoms with Gasteiger partial charge in [-0.3, -0.25) is 9.59 Å². The van der Waals surface area contributed by atoms with Crippen LogP contribution in [0.3, 0.4) is 0 Å². The Labute approximate surface area is 153 Å². The van der Waals surface area contributed by atoms with Crippen LogP contribution in [0, 0.1) is 6.92 Å². The van der Waals surface area contributed by atoms with E-state index in [4.69, 9.17) is 5.73 Å². The number of hydrogen-bond acceptors (Lipinski definition) is 2. The molecule has 3 rings (SSSR count). The molecule has 2 amide bonds. The minimum absolute atomic E-state index is 0.211. The molecule has 0 bridgehead atoms. The molecule has 0 radical (unpaired) electrons. The first-order valence-corrected chi connectivity index (χ1v) is 8.63. The zero-order valence-electron chi connectivity index (χ0n) is 14.7. The number of rotatable bonds is 6. The van der Waals surface area contributed by atoms with Gasteiger partial charge in [0.2, 0.25) is 11.8 Å². The first-order chi connectivity index (χ1) is 12.5. The van der Waals surface area contributed by atoms with Gasteiger partial charge in [-0.15, -0.1) is 0 Å². The van der Waals surface area contributed by atoms with Crippen LogP contribution in [0.1, 0.15) is 16.7 Å². The van der Waals surface area contributed by atoms with Crippen molar-refractivity contribution in [2.45, 2.75) is 25.8 Å². The summed E-state index contributed by atoms with van der Waals surface area (Å²) in [6.07, 6.45) is 0.599. The first-order valence-electron chi connectivity index (χ1n) is 8.63. The van der Waals surface area contributed by atoms with Crippen LogP contribution in [0.2, 0.25) is 0 Å². The van der Waals surface area contributed by atoms with Gasteiger partial charge in [0.1, 0.15) is 6.04 Å². The predicted octanol–water partition coefficient (Wildman–Crippen LogP) is 2.90. The molecule has 1 atom stereocenters. The Bertz CT molecular complexity index is 932. The van der Waals surface area contributed by atoms with Crippen molar-refractivity contribution < 1.29 is 9.59 Å². The zero-order valence-corrected chi connectivity index (χ0v) is 14.7. The van der Waals surface area contributed by atoms with Gasteiger partial charge >= 0.3 is 0 Å². The van der Waals surface area contributed by atoms with Crippen molar-refractivity contribution in [2.24, 2.45) is 5.73 Å². The number of nitrogens with one attached hydrogen (secondary N) is 1. The Morgan fingerprint density at radius 2 is 1.58 bits per heavy atom. The minimum atomic E-state index is -0.717. The predicted molar refractivity (Wildman–Crippen MR) is 104 cm³/mol. The molecule has 0 aliphatic carbocycles. The Balaban J connectivity index is 1.67. The molecule has 0 saturated carbocycles. The average molecular weight is 346 g/mol. The highest BCUT2D eigenvalue weighted by Crippen LogP contribution is 2.16. The number of primary amides is 1. The van der Waals surface area contributed by atoms with Crippen LogP contribution in [0.4, 0.5) is 0 Å². The molecule has 0 spiro atoms. The second kappa shape index (κ2) is 7.83. The lowest BCUT2D eigenvalue weighted by Crippen LogP contribution is -2.46. The summed E-state index contributed by atoms with van der Waals surface area (Å²) < 4.78 is 0. The molecule has 0 aliphatic rings. The fraction of sp³-hybridized carbons (Fsp3) is 0.182. The van der Waals surface area contributed by atoms with E-state index in [1.807, 2.05) is 73.7 Å². The number of carbonyl (C=O) groups is 2. The summed E-state index contributed by atoms with van der Waals surface area (Å²) in [6, 6.07) is 21.0. The Morgan fingerprint density at radius 3 is 2.27 bits per heavy atom. The quantitative estimate of drug-likeness (QED) is 0.720. The summed E-state index contributed by atoms with van der Waals surface area (Å²) in [7, 11) is 0. The van der Waals surface area contributed by atoms with E-state index in [0.29, 0.717) is 6.42 Å². The summed E-state index contributed by atoms with van der Waals surface area (Å²) in [5.41, 5.74) is 8.49. The minimum Gasteiger partial charge on any atom is -0.368 e. The van der Waals surface area contributed by atoms with Crippen LogP contribution in [0.15, 0.2) is 66.7 Å². The number of aryl methyl sites for hydroxylation is 1. The third-order valence-corrected chi connectivity index (χ3v) is 4.42. The summed E-state index contributed by atoms with van der Waals surface area (Å²) in [4.78, 5) is 24.1. The van der Waals surface area contributed by atoms with E-state index in [1.54, 1.807) is 0 Å². The second-order valence-corrected chi connectivity index (χ2v) is 6.57. The van der Waals surface area contributed by atoms with Crippen molar-refractivity contribution in [1.82, 2.24) is 5.32 Å². The van der Waals surface area contributed by atoms with Crippen LogP contribution in [-0.4, -0.2) is 17.9 Å². The monoisotopic (exact) mass is 346 g/mol. The maximum atomic E-state index is 12.4. The van der Waals surface area contributed by atoms with Gasteiger partial charge in [-0.25, -0.2) is 0 Å². The number of nitrogens with two attached hydrogens (primary N) is 1. The first kappa shape index (κ1) is 17.7. The average Bonchev–Trinajstić information content (AvgIpc) is 2.62. The summed E-state index contributed by atoms with van der Waals surface area (Å²) >= 11 is 0. The van der Waals surface area contributed by atoms with E-state index in [-0.39, 0.29) is 12.3 Å². The molecule has 3 N–H and O–H groups in total. The molecule has 0 fully saturated rings. The molecule has 0 aromatic heterocycles. The van der Waals surface area contributed by atoms with E-state index in [9.17, 15) is 9.59 Å². The Morgan fingerprint density at radius 1 is 0.923 bits per heavy atom. The van der Waals surface area contributed by atoms with Gasteiger partial charge in [-0.2, -0.15) is 0 Å². The molecule has 26 heavy (non-hydrogen) atoms. The number of amides is 2. The lowest BCUT2D eigenvalue weighted by atomic mass is 10.0. The van der Waals surface area contributed by atoms with Crippen LogP contribution < -0.4 is 11.1 Å². The van der Waals surface area contributed by atoms with Crippen molar-refractivity contribution in [3.8, 4) is 0 Å². The highest BCUT2D eigenvalue weighted by Gasteiger charge is 2.18. The van der Waals surface area contributed by atoms with Gasteiger partial charge in [-0.05, 0) is 28.8 Å². The van der Waals surface area contributed by atoms with Gasteiger partial charge < -0.3 is 11.1 Å². The molecule has 3 aromatic carbocycles. The fourth-order valence-electron chi connectivity index (χ4n) is 2.96. The SMILES string of the molecule is Cc1ccc(C[C@H](NC(=O)Cc2ccc3ccccc3c2)C(N)=O)cc1. The zero-order chi connectivity index (χ0) is 18.5. The smallest absolute Gasteiger partial charge is 0.240 e. The van der Waals surface area contributed by atoms with E-state index in [2.05, 4.69) is 5.32 Å². The number of carbonyl (C=O) groups excluding carboxylic acids is 2. The van der Waals surface area contributed by atoms with Crippen LogP contribution in [0.5, 0.6) is 0 Å². The van der Waals surface area contributed by atoms with Gasteiger partial charge in [0.15, 0.2) is 0 Å². The van der Waals surface area contributed by atoms with Gasteiger partial charge in [0, 0.05) is 6.42 Å². The third kappa shape index (κ3) is 4.48. The number of hydrogen-bond donors (Lipinski definition) is 2. The van der Waals surface area contributed by atoms with Crippen molar-refractivity contribution in [3.63, 3.8) is 0 Å². The molecule has 132 valence electrons. The van der Waals surface area contributed by atoms with Crippen LogP contribution >= 0.6 is 0 Å². The lowest BCUT2D eigenvalue weighted by Gasteiger charge is -2.16. The normalized spacial score (nSPS) is 11.9. The number of benzene rings is 3. The Hall–Kier alpha value is -3.14. The largest absolute Gasteiger partial charge is 0.368 e. The van der Waals surface area contributed by atoms with Crippen molar-refractivity contribution >= 4 is 22.6 Å².